The minimum absolute atomic E-state index is 0.0558. The third-order valence-electron chi connectivity index (χ3n) is 4.60. The maximum Gasteiger partial charge on any atom is 0.251 e. The quantitative estimate of drug-likeness (QED) is 0.542. The molecule has 0 saturated heterocycles. The first-order valence-electron chi connectivity index (χ1n) is 9.13. The number of carbonyl (C=O) groups excluding carboxylic acids is 2. The highest BCUT2D eigenvalue weighted by Gasteiger charge is 2.28. The average molecular weight is 472 g/mol. The van der Waals surface area contributed by atoms with Crippen molar-refractivity contribution in [2.24, 2.45) is 0 Å². The van der Waals surface area contributed by atoms with Crippen LogP contribution in [0.5, 0.6) is 0 Å². The number of rotatable bonds is 4. The van der Waals surface area contributed by atoms with E-state index in [0.29, 0.717) is 33.4 Å². The van der Waals surface area contributed by atoms with E-state index in [1.54, 1.807) is 54.9 Å². The summed E-state index contributed by atoms with van der Waals surface area (Å²) >= 11 is 12.0. The number of allylic oxidation sites excluding steroid dienone is 1. The molecular weight excluding hydrogens is 457 g/mol. The zero-order valence-corrected chi connectivity index (χ0v) is 18.2. The molecule has 1 unspecified atom stereocenters. The van der Waals surface area contributed by atoms with Crippen LogP contribution in [0.4, 0.5) is 5.69 Å². The van der Waals surface area contributed by atoms with Crippen molar-refractivity contribution >= 4 is 57.6 Å². The molecule has 156 valence electrons. The topological polar surface area (TPSA) is 88.2 Å². The molecule has 6 nitrogen and oxygen atoms in total. The first kappa shape index (κ1) is 21.2. The minimum atomic E-state index is -1.75. The molecule has 4 rings (SSSR count). The van der Waals surface area contributed by atoms with Gasteiger partial charge in [0.1, 0.15) is 4.91 Å². The van der Waals surface area contributed by atoms with E-state index >= 15 is 0 Å². The van der Waals surface area contributed by atoms with Crippen molar-refractivity contribution < 1.29 is 13.8 Å². The van der Waals surface area contributed by atoms with Gasteiger partial charge in [-0.3, -0.25) is 14.6 Å². The Hall–Kier alpha value is -3.00. The Labute approximate surface area is 190 Å². The van der Waals surface area contributed by atoms with Crippen molar-refractivity contribution in [1.82, 2.24) is 10.3 Å². The van der Waals surface area contributed by atoms with Crippen LogP contribution >= 0.6 is 23.2 Å². The van der Waals surface area contributed by atoms with Crippen molar-refractivity contribution in [2.45, 2.75) is 6.54 Å². The third kappa shape index (κ3) is 4.69. The molecule has 0 spiro atoms. The summed E-state index contributed by atoms with van der Waals surface area (Å²) in [6.45, 7) is 0.330. The lowest BCUT2D eigenvalue weighted by atomic mass is 10.0. The van der Waals surface area contributed by atoms with E-state index in [4.69, 9.17) is 23.2 Å². The molecule has 2 aromatic carbocycles. The number of pyridine rings is 1. The predicted octanol–water partition coefficient (Wildman–Crippen LogP) is 4.63. The molecule has 1 atom stereocenters. The van der Waals surface area contributed by atoms with Gasteiger partial charge in [-0.05, 0) is 59.7 Å². The van der Waals surface area contributed by atoms with E-state index in [-0.39, 0.29) is 16.4 Å². The van der Waals surface area contributed by atoms with Crippen LogP contribution in [0.2, 0.25) is 10.0 Å². The predicted molar refractivity (Wildman–Crippen MR) is 122 cm³/mol. The second-order valence-corrected chi connectivity index (χ2v) is 8.68. The number of Topliss-reactive ketones (excluding diaryl/α,β-unsaturated/α-hetero) is 1. The molecule has 1 aromatic heterocycles. The summed E-state index contributed by atoms with van der Waals surface area (Å²) < 4.78 is 15.4. The summed E-state index contributed by atoms with van der Waals surface area (Å²) in [5.74, 6) is -0.754. The average Bonchev–Trinajstić information content (AvgIpc) is 2.78. The van der Waals surface area contributed by atoms with E-state index in [1.807, 2.05) is 0 Å². The summed E-state index contributed by atoms with van der Waals surface area (Å²) in [5.41, 5.74) is 2.48. The maximum atomic E-state index is 13.0. The van der Waals surface area contributed by atoms with Gasteiger partial charge in [-0.15, -0.1) is 0 Å². The SMILES string of the molecule is O=C(NCc1ccncc1)c1ccc2c(c1)C(=O)/C(=C\c1ccc(Cl)c(Cl)c1)S(=O)N2. The number of benzene rings is 2. The number of nitrogens with zero attached hydrogens (tertiary/aromatic N) is 1. The van der Waals surface area contributed by atoms with Gasteiger partial charge in [0.25, 0.3) is 5.91 Å². The largest absolute Gasteiger partial charge is 0.348 e. The number of nitrogens with one attached hydrogen (secondary N) is 2. The lowest BCUT2D eigenvalue weighted by molar-refractivity contribution is 0.0951. The fraction of sp³-hybridized carbons (Fsp3) is 0.0455. The molecule has 3 aromatic rings. The Morgan fingerprint density at radius 3 is 2.58 bits per heavy atom. The normalized spacial score (nSPS) is 16.5. The monoisotopic (exact) mass is 471 g/mol. The second-order valence-electron chi connectivity index (χ2n) is 6.68. The van der Waals surface area contributed by atoms with Gasteiger partial charge in [-0.1, -0.05) is 29.3 Å². The van der Waals surface area contributed by atoms with Crippen LogP contribution in [-0.2, 0) is 17.5 Å². The van der Waals surface area contributed by atoms with Gasteiger partial charge in [0.05, 0.1) is 15.7 Å². The van der Waals surface area contributed by atoms with E-state index in [0.717, 1.165) is 5.56 Å². The molecule has 1 aliphatic heterocycles. The number of halogens is 2. The van der Waals surface area contributed by atoms with Crippen LogP contribution in [0.15, 0.2) is 65.8 Å². The van der Waals surface area contributed by atoms with Gasteiger partial charge in [0, 0.05) is 30.1 Å². The number of ketones is 1. The van der Waals surface area contributed by atoms with Crippen molar-refractivity contribution in [3.05, 3.63) is 98.1 Å². The minimum Gasteiger partial charge on any atom is -0.348 e. The van der Waals surface area contributed by atoms with Crippen LogP contribution in [0, 0.1) is 0 Å². The molecule has 0 fully saturated rings. The fourth-order valence-electron chi connectivity index (χ4n) is 2.99. The van der Waals surface area contributed by atoms with Gasteiger partial charge in [-0.25, -0.2) is 4.21 Å². The van der Waals surface area contributed by atoms with E-state index in [2.05, 4.69) is 15.0 Å². The summed E-state index contributed by atoms with van der Waals surface area (Å²) in [5, 5.41) is 3.51. The second kappa shape index (κ2) is 9.01. The zero-order chi connectivity index (χ0) is 22.0. The summed E-state index contributed by atoms with van der Waals surface area (Å²) in [6, 6.07) is 13.1. The van der Waals surface area contributed by atoms with Gasteiger partial charge in [0.15, 0.2) is 11.0 Å². The number of aromatic nitrogens is 1. The lowest BCUT2D eigenvalue weighted by Crippen LogP contribution is -2.25. The number of carbonyl (C=O) groups is 2. The fourth-order valence-corrected chi connectivity index (χ4v) is 4.31. The smallest absolute Gasteiger partial charge is 0.251 e. The van der Waals surface area contributed by atoms with Crippen molar-refractivity contribution in [2.75, 3.05) is 4.72 Å². The summed E-state index contributed by atoms with van der Waals surface area (Å²) in [7, 11) is -1.75. The Morgan fingerprint density at radius 2 is 1.84 bits per heavy atom. The number of anilines is 1. The molecule has 9 heteroatoms. The molecule has 0 saturated carbocycles. The van der Waals surface area contributed by atoms with Crippen molar-refractivity contribution in [3.8, 4) is 0 Å². The molecule has 2 heterocycles. The Kier molecular flexibility index (Phi) is 6.18. The highest BCUT2D eigenvalue weighted by molar-refractivity contribution is 7.91. The molecule has 1 aliphatic rings. The van der Waals surface area contributed by atoms with E-state index in [9.17, 15) is 13.8 Å². The van der Waals surface area contributed by atoms with Gasteiger partial charge in [-0.2, -0.15) is 0 Å². The number of hydrogen-bond acceptors (Lipinski definition) is 4. The highest BCUT2D eigenvalue weighted by Crippen LogP contribution is 2.31. The van der Waals surface area contributed by atoms with Gasteiger partial charge in [0.2, 0.25) is 5.78 Å². The number of hydrogen-bond donors (Lipinski definition) is 2. The standard InChI is InChI=1S/C22H15Cl2N3O3S/c23-17-3-1-14(9-18(17)24)10-20-21(28)16-11-15(2-4-19(16)27-31(20)30)22(29)26-12-13-5-7-25-8-6-13/h1-11,27H,12H2,(H,26,29)/b20-10+. The Balaban J connectivity index is 1.59. The number of fused-ring (bicyclic) bond motifs is 1. The molecule has 31 heavy (non-hydrogen) atoms. The van der Waals surface area contributed by atoms with Crippen LogP contribution in [-0.4, -0.2) is 20.9 Å². The highest BCUT2D eigenvalue weighted by atomic mass is 35.5. The van der Waals surface area contributed by atoms with E-state index < -0.39 is 16.8 Å². The van der Waals surface area contributed by atoms with Crippen LogP contribution < -0.4 is 10.0 Å². The van der Waals surface area contributed by atoms with Crippen LogP contribution in [0.25, 0.3) is 6.08 Å². The molecular formula is C22H15Cl2N3O3S. The first-order valence-corrected chi connectivity index (χ1v) is 11.0. The Bertz CT molecular complexity index is 1250. The van der Waals surface area contributed by atoms with Crippen molar-refractivity contribution in [1.29, 1.82) is 0 Å². The first-order chi connectivity index (χ1) is 14.9. The molecule has 1 amide bonds. The van der Waals surface area contributed by atoms with Gasteiger partial charge >= 0.3 is 0 Å². The number of amides is 1. The summed E-state index contributed by atoms with van der Waals surface area (Å²) in [6.07, 6.45) is 4.78. The van der Waals surface area contributed by atoms with E-state index in [1.165, 1.54) is 12.1 Å². The van der Waals surface area contributed by atoms with Crippen molar-refractivity contribution in [3.63, 3.8) is 0 Å². The third-order valence-corrected chi connectivity index (χ3v) is 6.44. The molecule has 0 aliphatic carbocycles. The van der Waals surface area contributed by atoms with Crippen LogP contribution in [0.3, 0.4) is 0 Å². The van der Waals surface area contributed by atoms with Gasteiger partial charge < -0.3 is 10.0 Å². The molecule has 0 radical (unpaired) electrons. The maximum absolute atomic E-state index is 13.0. The molecule has 2 N–H and O–H groups in total. The lowest BCUT2D eigenvalue weighted by Gasteiger charge is -2.19. The molecule has 0 bridgehead atoms. The van der Waals surface area contributed by atoms with Crippen LogP contribution in [0.1, 0.15) is 31.8 Å². The summed E-state index contributed by atoms with van der Waals surface area (Å²) in [4.78, 5) is 29.6. The Morgan fingerprint density at radius 1 is 1.06 bits per heavy atom. The zero-order valence-electron chi connectivity index (χ0n) is 15.9.